The smallest absolute Gasteiger partial charge is 0.335 e. The zero-order valence-electron chi connectivity index (χ0n) is 17.2. The second-order valence-electron chi connectivity index (χ2n) is 7.19. The van der Waals surface area contributed by atoms with Crippen LogP contribution in [0.4, 0.5) is 0 Å². The summed E-state index contributed by atoms with van der Waals surface area (Å²) in [6.45, 7) is 0. The van der Waals surface area contributed by atoms with E-state index in [2.05, 4.69) is 42.5 Å². The molecule has 0 bridgehead atoms. The molecule has 0 aliphatic rings. The van der Waals surface area contributed by atoms with Gasteiger partial charge in [0.2, 0.25) is 0 Å². The molecule has 0 saturated carbocycles. The number of nitriles is 1. The van der Waals surface area contributed by atoms with E-state index in [1.165, 1.54) is 0 Å². The van der Waals surface area contributed by atoms with E-state index in [4.69, 9.17) is 0 Å². The van der Waals surface area contributed by atoms with E-state index in [1.54, 1.807) is 18.2 Å². The molecule has 1 atom stereocenters. The zero-order valence-corrected chi connectivity index (χ0v) is 19.7. The van der Waals surface area contributed by atoms with Crippen LogP contribution >= 0.6 is 7.26 Å². The highest BCUT2D eigenvalue weighted by molar-refractivity contribution is 7.96. The minimum absolute atomic E-state index is 0. The van der Waals surface area contributed by atoms with Crippen LogP contribution in [0.2, 0.25) is 0 Å². The molecular weight excluding hydrogens is 481 g/mol. The molecule has 32 heavy (non-hydrogen) atoms. The maximum atomic E-state index is 11.6. The maximum absolute atomic E-state index is 11.6. The average molecular weight is 502 g/mol. The Morgan fingerprint density at radius 2 is 1.16 bits per heavy atom. The molecule has 4 rings (SSSR count). The molecule has 0 aliphatic heterocycles. The van der Waals surface area contributed by atoms with Crippen LogP contribution in [0.15, 0.2) is 115 Å². The Labute approximate surface area is 199 Å². The Bertz CT molecular complexity index is 1130. The number of hydrogen-bond acceptors (Lipinski definition) is 2. The molecule has 0 aliphatic carbocycles. The van der Waals surface area contributed by atoms with Gasteiger partial charge in [0.1, 0.15) is 29.2 Å². The van der Waals surface area contributed by atoms with Gasteiger partial charge in [0.05, 0.1) is 5.56 Å². The summed E-state index contributed by atoms with van der Waals surface area (Å²) in [5, 5.41) is 23.4. The number of carboxylic acids is 1. The SMILES string of the molecule is N#CC(c1cccc(C(=O)O)c1)[P+](c1ccccc1)(c1ccccc1)c1ccccc1.[Br-]. The normalized spacial score (nSPS) is 11.6. The second-order valence-corrected chi connectivity index (χ2v) is 10.7. The van der Waals surface area contributed by atoms with Crippen LogP contribution in [0.25, 0.3) is 0 Å². The lowest BCUT2D eigenvalue weighted by Gasteiger charge is -2.31. The van der Waals surface area contributed by atoms with Crippen LogP contribution in [0.1, 0.15) is 21.6 Å². The number of hydrogen-bond donors (Lipinski definition) is 1. The van der Waals surface area contributed by atoms with E-state index in [0.717, 1.165) is 15.9 Å². The highest BCUT2D eigenvalue weighted by atomic mass is 79.9. The fourth-order valence-corrected chi connectivity index (χ4v) is 8.61. The van der Waals surface area contributed by atoms with Gasteiger partial charge in [-0.2, -0.15) is 5.26 Å². The molecule has 0 saturated heterocycles. The highest BCUT2D eigenvalue weighted by Crippen LogP contribution is 2.66. The first-order chi connectivity index (χ1) is 15.2. The van der Waals surface area contributed by atoms with Gasteiger partial charge in [0, 0.05) is 5.56 Å². The van der Waals surface area contributed by atoms with Crippen LogP contribution in [-0.4, -0.2) is 11.1 Å². The van der Waals surface area contributed by atoms with Crippen molar-refractivity contribution in [2.75, 3.05) is 0 Å². The topological polar surface area (TPSA) is 61.1 Å². The lowest BCUT2D eigenvalue weighted by molar-refractivity contribution is -0.0000216. The molecule has 0 heterocycles. The number of aromatic carboxylic acids is 1. The lowest BCUT2D eigenvalue weighted by atomic mass is 10.1. The molecular formula is C27H21BrNO2P. The quantitative estimate of drug-likeness (QED) is 0.411. The predicted molar refractivity (Wildman–Crippen MR) is 127 cm³/mol. The van der Waals surface area contributed by atoms with E-state index < -0.39 is 18.9 Å². The van der Waals surface area contributed by atoms with Crippen LogP contribution in [0.3, 0.4) is 0 Å². The van der Waals surface area contributed by atoms with Crippen molar-refractivity contribution < 1.29 is 26.9 Å². The van der Waals surface area contributed by atoms with E-state index in [9.17, 15) is 15.2 Å². The standard InChI is InChI=1S/C27H20NO2P.BrH/c28-20-26(21-11-10-12-22(19-21)27(29)30)31(23-13-4-1-5-14-23,24-15-6-2-7-16-24)25-17-8-3-9-18-25;/h1-19,26H;1H. The molecule has 0 fully saturated rings. The average Bonchev–Trinajstić information content (AvgIpc) is 2.84. The first-order valence-electron chi connectivity index (χ1n) is 9.96. The zero-order chi connectivity index (χ0) is 21.7. The summed E-state index contributed by atoms with van der Waals surface area (Å²) in [6.07, 6.45) is 0. The fraction of sp³-hybridized carbons (Fsp3) is 0.0370. The summed E-state index contributed by atoms with van der Waals surface area (Å²) in [7, 11) is -2.49. The van der Waals surface area contributed by atoms with Crippen molar-refractivity contribution >= 4 is 29.1 Å². The van der Waals surface area contributed by atoms with Crippen molar-refractivity contribution in [3.63, 3.8) is 0 Å². The number of benzene rings is 4. The fourth-order valence-electron chi connectivity index (χ4n) is 4.11. The molecule has 4 aromatic rings. The predicted octanol–water partition coefficient (Wildman–Crippen LogP) is 1.95. The monoisotopic (exact) mass is 501 g/mol. The molecule has 0 amide bonds. The van der Waals surface area contributed by atoms with Gasteiger partial charge in [-0.25, -0.2) is 4.79 Å². The van der Waals surface area contributed by atoms with Gasteiger partial charge in [-0.3, -0.25) is 0 Å². The molecule has 0 spiro atoms. The van der Waals surface area contributed by atoms with Crippen LogP contribution < -0.4 is 32.9 Å². The van der Waals surface area contributed by atoms with Gasteiger partial charge in [-0.05, 0) is 48.5 Å². The van der Waals surface area contributed by atoms with Crippen molar-refractivity contribution in [2.24, 2.45) is 0 Å². The molecule has 3 nitrogen and oxygen atoms in total. The molecule has 4 aromatic carbocycles. The third-order valence-electron chi connectivity index (χ3n) is 5.45. The summed E-state index contributed by atoms with van der Waals surface area (Å²) in [4.78, 5) is 11.6. The summed E-state index contributed by atoms with van der Waals surface area (Å²) in [5.74, 6) is -0.999. The van der Waals surface area contributed by atoms with E-state index in [0.29, 0.717) is 5.56 Å². The first kappa shape index (κ1) is 23.4. The van der Waals surface area contributed by atoms with Gasteiger partial charge in [0.15, 0.2) is 5.66 Å². The van der Waals surface area contributed by atoms with Crippen molar-refractivity contribution in [2.45, 2.75) is 5.66 Å². The third kappa shape index (κ3) is 4.23. The molecule has 0 aromatic heterocycles. The van der Waals surface area contributed by atoms with Crippen LogP contribution in [0, 0.1) is 11.3 Å². The van der Waals surface area contributed by atoms with Crippen molar-refractivity contribution in [1.82, 2.24) is 0 Å². The number of rotatable bonds is 6. The van der Waals surface area contributed by atoms with E-state index in [-0.39, 0.29) is 22.5 Å². The molecule has 158 valence electrons. The van der Waals surface area contributed by atoms with Crippen molar-refractivity contribution in [3.8, 4) is 6.07 Å². The third-order valence-corrected chi connectivity index (χ3v) is 9.98. The van der Waals surface area contributed by atoms with Gasteiger partial charge in [-0.1, -0.05) is 66.7 Å². The number of halogens is 1. The Kier molecular flexibility index (Phi) is 7.59. The molecule has 5 heteroatoms. The second kappa shape index (κ2) is 10.4. The summed E-state index contributed by atoms with van der Waals surface area (Å²) in [5.41, 5.74) is 0.358. The summed E-state index contributed by atoms with van der Waals surface area (Å²) >= 11 is 0. The van der Waals surface area contributed by atoms with Crippen LogP contribution in [-0.2, 0) is 0 Å². The first-order valence-corrected chi connectivity index (χ1v) is 11.8. The van der Waals surface area contributed by atoms with Crippen molar-refractivity contribution in [3.05, 3.63) is 126 Å². The maximum Gasteiger partial charge on any atom is 0.335 e. The van der Waals surface area contributed by atoms with E-state index >= 15 is 0 Å². The van der Waals surface area contributed by atoms with Gasteiger partial charge in [0.25, 0.3) is 0 Å². The minimum Gasteiger partial charge on any atom is -1.00 e. The Morgan fingerprint density at radius 1 is 0.719 bits per heavy atom. The number of carbonyl (C=O) groups is 1. The molecule has 1 unspecified atom stereocenters. The summed E-state index contributed by atoms with van der Waals surface area (Å²) < 4.78 is 0. The van der Waals surface area contributed by atoms with E-state index in [1.807, 2.05) is 60.7 Å². The Morgan fingerprint density at radius 3 is 1.53 bits per heavy atom. The number of carboxylic acid groups (broad SMARTS) is 1. The lowest BCUT2D eigenvalue weighted by Crippen LogP contribution is -3.00. The van der Waals surface area contributed by atoms with Crippen LogP contribution in [0.5, 0.6) is 0 Å². The van der Waals surface area contributed by atoms with Gasteiger partial charge < -0.3 is 22.1 Å². The van der Waals surface area contributed by atoms with Gasteiger partial charge >= 0.3 is 5.97 Å². The molecule has 1 N–H and O–H groups in total. The molecule has 0 radical (unpaired) electrons. The summed E-state index contributed by atoms with van der Waals surface area (Å²) in [6, 6.07) is 39.8. The minimum atomic E-state index is -2.49. The highest BCUT2D eigenvalue weighted by Gasteiger charge is 2.53. The largest absolute Gasteiger partial charge is 1.00 e. The van der Waals surface area contributed by atoms with Crippen molar-refractivity contribution in [1.29, 1.82) is 5.26 Å². The Balaban J connectivity index is 0.00000289. The number of nitrogens with zero attached hydrogens (tertiary/aromatic N) is 1. The van der Waals surface area contributed by atoms with Gasteiger partial charge in [-0.15, -0.1) is 0 Å². The Hall–Kier alpha value is -3.25.